The van der Waals surface area contributed by atoms with Gasteiger partial charge < -0.3 is 19.7 Å². The summed E-state index contributed by atoms with van der Waals surface area (Å²) in [7, 11) is 0. The van der Waals surface area contributed by atoms with Crippen molar-refractivity contribution in [3.05, 3.63) is 29.8 Å². The summed E-state index contributed by atoms with van der Waals surface area (Å²) in [6.45, 7) is 6.51. The van der Waals surface area contributed by atoms with Crippen LogP contribution in [0, 0.1) is 0 Å². The van der Waals surface area contributed by atoms with Crippen LogP contribution in [0.5, 0.6) is 0 Å². The molecule has 0 saturated carbocycles. The summed E-state index contributed by atoms with van der Waals surface area (Å²) in [5.74, 6) is -0.620. The van der Waals surface area contributed by atoms with Crippen molar-refractivity contribution >= 4 is 17.5 Å². The van der Waals surface area contributed by atoms with Crippen LogP contribution in [-0.2, 0) is 19.1 Å². The van der Waals surface area contributed by atoms with Crippen LogP contribution >= 0.6 is 0 Å². The molecule has 6 heteroatoms. The highest BCUT2D eigenvalue weighted by atomic mass is 16.7. The lowest BCUT2D eigenvalue weighted by molar-refractivity contribution is -0.187. The molecule has 1 N–H and O–H groups in total. The molecule has 1 spiro atoms. The lowest BCUT2D eigenvalue weighted by atomic mass is 10.0. The number of para-hydroxylation sites is 1. The molecule has 2 heterocycles. The van der Waals surface area contributed by atoms with E-state index >= 15 is 0 Å². The summed E-state index contributed by atoms with van der Waals surface area (Å²) in [5, 5.41) is 2.87. The van der Waals surface area contributed by atoms with Gasteiger partial charge in [-0.3, -0.25) is 9.59 Å². The molecule has 136 valence electrons. The monoisotopic (exact) mass is 346 g/mol. The molecule has 1 aromatic rings. The third-order valence-corrected chi connectivity index (χ3v) is 4.86. The average molecular weight is 346 g/mol. The maximum Gasteiger partial charge on any atom is 0.233 e. The number of nitrogens with zero attached hydrogens (tertiary/aromatic N) is 1. The first kappa shape index (κ1) is 17.9. The molecule has 2 saturated heterocycles. The second-order valence-corrected chi connectivity index (χ2v) is 6.96. The van der Waals surface area contributed by atoms with Gasteiger partial charge in [0.05, 0.1) is 13.2 Å². The summed E-state index contributed by atoms with van der Waals surface area (Å²) < 4.78 is 11.3. The molecule has 0 aliphatic carbocycles. The molecule has 2 aliphatic rings. The number of hydrogen-bond donors (Lipinski definition) is 1. The maximum absolute atomic E-state index is 12.4. The molecule has 0 atom stereocenters. The van der Waals surface area contributed by atoms with Crippen molar-refractivity contribution in [1.82, 2.24) is 4.90 Å². The van der Waals surface area contributed by atoms with Crippen LogP contribution in [0.4, 0.5) is 5.69 Å². The van der Waals surface area contributed by atoms with Gasteiger partial charge in [-0.2, -0.15) is 0 Å². The van der Waals surface area contributed by atoms with Crippen LogP contribution in [-0.4, -0.2) is 48.8 Å². The number of hydrogen-bond acceptors (Lipinski definition) is 4. The number of ether oxygens (including phenoxy) is 2. The zero-order chi connectivity index (χ0) is 17.9. The van der Waals surface area contributed by atoms with E-state index in [0.717, 1.165) is 11.3 Å². The Labute approximate surface area is 148 Å². The fourth-order valence-electron chi connectivity index (χ4n) is 3.44. The highest BCUT2D eigenvalue weighted by molar-refractivity contribution is 6.03. The van der Waals surface area contributed by atoms with E-state index in [1.807, 2.05) is 24.3 Å². The van der Waals surface area contributed by atoms with Crippen LogP contribution in [0.15, 0.2) is 24.3 Å². The summed E-state index contributed by atoms with van der Waals surface area (Å²) in [4.78, 5) is 26.4. The SMILES string of the molecule is CC(C)c1ccccc1NC(=O)CC(=O)N1CCC2(CC1)OCCO2. The van der Waals surface area contributed by atoms with Gasteiger partial charge in [-0.15, -0.1) is 0 Å². The largest absolute Gasteiger partial charge is 0.347 e. The van der Waals surface area contributed by atoms with Gasteiger partial charge in [-0.25, -0.2) is 0 Å². The molecular formula is C19H26N2O4. The zero-order valence-electron chi connectivity index (χ0n) is 14.9. The number of carbonyl (C=O) groups is 2. The van der Waals surface area contributed by atoms with Crippen molar-refractivity contribution in [1.29, 1.82) is 0 Å². The van der Waals surface area contributed by atoms with Crippen molar-refractivity contribution in [2.75, 3.05) is 31.6 Å². The third kappa shape index (κ3) is 4.19. The predicted octanol–water partition coefficient (Wildman–Crippen LogP) is 2.50. The second kappa shape index (κ2) is 7.54. The van der Waals surface area contributed by atoms with Gasteiger partial charge in [0.2, 0.25) is 11.8 Å². The van der Waals surface area contributed by atoms with Crippen LogP contribution in [0.2, 0.25) is 0 Å². The van der Waals surface area contributed by atoms with Gasteiger partial charge >= 0.3 is 0 Å². The van der Waals surface area contributed by atoms with Crippen LogP contribution in [0.3, 0.4) is 0 Å². The molecule has 0 radical (unpaired) electrons. The van der Waals surface area contributed by atoms with E-state index in [1.54, 1.807) is 4.90 Å². The number of nitrogens with one attached hydrogen (secondary N) is 1. The maximum atomic E-state index is 12.4. The minimum atomic E-state index is -0.505. The Morgan fingerprint density at radius 2 is 1.80 bits per heavy atom. The van der Waals surface area contributed by atoms with Crippen LogP contribution < -0.4 is 5.32 Å². The van der Waals surface area contributed by atoms with Gasteiger partial charge in [-0.05, 0) is 17.5 Å². The average Bonchev–Trinajstić information content (AvgIpc) is 3.03. The first-order chi connectivity index (χ1) is 12.0. The Morgan fingerprint density at radius 3 is 2.44 bits per heavy atom. The number of amides is 2. The van der Waals surface area contributed by atoms with Gasteiger partial charge in [-0.1, -0.05) is 32.0 Å². The number of likely N-dealkylation sites (tertiary alicyclic amines) is 1. The summed E-state index contributed by atoms with van der Waals surface area (Å²) in [6.07, 6.45) is 1.19. The smallest absolute Gasteiger partial charge is 0.233 e. The molecule has 1 aromatic carbocycles. The van der Waals surface area contributed by atoms with Gasteiger partial charge in [0.1, 0.15) is 6.42 Å². The molecular weight excluding hydrogens is 320 g/mol. The van der Waals surface area contributed by atoms with Crippen molar-refractivity contribution in [2.45, 2.75) is 44.8 Å². The fourth-order valence-corrected chi connectivity index (χ4v) is 3.44. The molecule has 25 heavy (non-hydrogen) atoms. The highest BCUT2D eigenvalue weighted by Gasteiger charge is 2.40. The minimum Gasteiger partial charge on any atom is -0.347 e. The summed E-state index contributed by atoms with van der Waals surface area (Å²) in [6, 6.07) is 7.70. The number of carbonyl (C=O) groups excluding carboxylic acids is 2. The van der Waals surface area contributed by atoms with Gasteiger partial charge in [0, 0.05) is 31.6 Å². The first-order valence-corrected chi connectivity index (χ1v) is 8.93. The molecule has 2 amide bonds. The van der Waals surface area contributed by atoms with Crippen molar-refractivity contribution in [3.8, 4) is 0 Å². The van der Waals surface area contributed by atoms with E-state index in [-0.39, 0.29) is 18.2 Å². The quantitative estimate of drug-likeness (QED) is 0.851. The van der Waals surface area contributed by atoms with Gasteiger partial charge in [0.25, 0.3) is 0 Å². The first-order valence-electron chi connectivity index (χ1n) is 8.93. The molecule has 0 aromatic heterocycles. The van der Waals surface area contributed by atoms with Crippen molar-refractivity contribution < 1.29 is 19.1 Å². The van der Waals surface area contributed by atoms with Crippen molar-refractivity contribution in [3.63, 3.8) is 0 Å². The number of anilines is 1. The molecule has 6 nitrogen and oxygen atoms in total. The van der Waals surface area contributed by atoms with E-state index in [2.05, 4.69) is 19.2 Å². The molecule has 2 aliphatic heterocycles. The standard InChI is InChI=1S/C19H26N2O4/c1-14(2)15-5-3-4-6-16(15)20-17(22)13-18(23)21-9-7-19(8-10-21)24-11-12-25-19/h3-6,14H,7-13H2,1-2H3,(H,20,22). The predicted molar refractivity (Wildman–Crippen MR) is 94.2 cm³/mol. The lowest BCUT2D eigenvalue weighted by Crippen LogP contribution is -2.47. The van der Waals surface area contributed by atoms with Gasteiger partial charge in [0.15, 0.2) is 5.79 Å². The Bertz CT molecular complexity index is 628. The molecule has 3 rings (SSSR count). The van der Waals surface area contributed by atoms with Crippen LogP contribution in [0.25, 0.3) is 0 Å². The van der Waals surface area contributed by atoms with E-state index in [0.29, 0.717) is 45.1 Å². The molecule has 0 bridgehead atoms. The highest BCUT2D eigenvalue weighted by Crippen LogP contribution is 2.31. The number of benzene rings is 1. The Hall–Kier alpha value is -1.92. The fraction of sp³-hybridized carbons (Fsp3) is 0.579. The minimum absolute atomic E-state index is 0.138. The topological polar surface area (TPSA) is 67.9 Å². The Balaban J connectivity index is 1.52. The molecule has 2 fully saturated rings. The summed E-state index contributed by atoms with van der Waals surface area (Å²) >= 11 is 0. The third-order valence-electron chi connectivity index (χ3n) is 4.86. The van der Waals surface area contributed by atoms with E-state index in [9.17, 15) is 9.59 Å². The van der Waals surface area contributed by atoms with E-state index in [1.165, 1.54) is 0 Å². The molecule has 0 unspecified atom stereocenters. The summed E-state index contributed by atoms with van der Waals surface area (Å²) in [5.41, 5.74) is 1.85. The number of rotatable bonds is 4. The van der Waals surface area contributed by atoms with Crippen LogP contribution in [0.1, 0.15) is 44.6 Å². The lowest BCUT2D eigenvalue weighted by Gasteiger charge is -2.37. The Morgan fingerprint density at radius 1 is 1.16 bits per heavy atom. The normalized spacial score (nSPS) is 19.4. The van der Waals surface area contributed by atoms with E-state index in [4.69, 9.17) is 9.47 Å². The Kier molecular flexibility index (Phi) is 5.39. The van der Waals surface area contributed by atoms with Crippen molar-refractivity contribution in [2.24, 2.45) is 0 Å². The zero-order valence-corrected chi connectivity index (χ0v) is 14.9. The van der Waals surface area contributed by atoms with E-state index < -0.39 is 5.79 Å². The number of piperidine rings is 1. The second-order valence-electron chi connectivity index (χ2n) is 6.96.